The number of aliphatic hydroxyl groups is 1. The zero-order chi connectivity index (χ0) is 28.3. The van der Waals surface area contributed by atoms with Gasteiger partial charge in [-0.1, -0.05) is 13.8 Å². The lowest BCUT2D eigenvalue weighted by Crippen LogP contribution is -2.69. The zero-order valence-electron chi connectivity index (χ0n) is 22.9. The molecule has 5 aliphatic rings. The second kappa shape index (κ2) is 7.81. The summed E-state index contributed by atoms with van der Waals surface area (Å²) in [6, 6.07) is 1.93. The highest BCUT2D eigenvalue weighted by molar-refractivity contribution is 6.07. The van der Waals surface area contributed by atoms with Gasteiger partial charge in [0.15, 0.2) is 5.78 Å². The molecule has 0 amide bonds. The predicted octanol–water partition coefficient (Wildman–Crippen LogP) is 2.48. The van der Waals surface area contributed by atoms with Gasteiger partial charge in [0.05, 0.1) is 31.2 Å². The van der Waals surface area contributed by atoms with E-state index in [0.717, 1.165) is 19.6 Å². The van der Waals surface area contributed by atoms with Crippen molar-refractivity contribution in [2.75, 3.05) is 7.11 Å². The third-order valence-corrected chi connectivity index (χ3v) is 10.9. The van der Waals surface area contributed by atoms with E-state index < -0.39 is 69.2 Å². The van der Waals surface area contributed by atoms with Crippen molar-refractivity contribution in [2.24, 2.45) is 28.1 Å². The molecule has 11 atom stereocenters. The Morgan fingerprint density at radius 2 is 1.95 bits per heavy atom. The maximum Gasteiger partial charge on any atom is 0.347 e. The van der Waals surface area contributed by atoms with Crippen molar-refractivity contribution in [3.05, 3.63) is 36.0 Å². The molecule has 10 heteroatoms. The van der Waals surface area contributed by atoms with Gasteiger partial charge in [0, 0.05) is 35.7 Å². The summed E-state index contributed by atoms with van der Waals surface area (Å²) in [4.78, 5) is 51.4. The minimum absolute atomic E-state index is 0.0389. The van der Waals surface area contributed by atoms with E-state index in [4.69, 9.17) is 23.4 Å². The molecule has 0 unspecified atom stereocenters. The van der Waals surface area contributed by atoms with Gasteiger partial charge in [-0.05, 0) is 44.2 Å². The summed E-state index contributed by atoms with van der Waals surface area (Å²) in [5.74, 6) is -3.87. The Morgan fingerprint density at radius 1 is 1.23 bits per heavy atom. The summed E-state index contributed by atoms with van der Waals surface area (Å²) < 4.78 is 28.8. The minimum Gasteiger partial charge on any atom is -0.494 e. The van der Waals surface area contributed by atoms with Crippen LogP contribution in [0.4, 0.5) is 0 Å². The number of rotatable bonds is 5. The van der Waals surface area contributed by atoms with Crippen molar-refractivity contribution in [1.29, 1.82) is 0 Å². The normalized spacial score (nSPS) is 47.9. The number of esters is 2. The van der Waals surface area contributed by atoms with E-state index in [1.54, 1.807) is 26.4 Å². The van der Waals surface area contributed by atoms with Crippen molar-refractivity contribution >= 4 is 24.0 Å². The zero-order valence-corrected chi connectivity index (χ0v) is 22.9. The number of methoxy groups -OCH3 is 1. The number of hydrogen-bond acceptors (Lipinski definition) is 10. The fourth-order valence-corrected chi connectivity index (χ4v) is 9.48. The predicted molar refractivity (Wildman–Crippen MR) is 132 cm³/mol. The molecule has 6 rings (SSSR count). The third-order valence-electron chi connectivity index (χ3n) is 10.9. The van der Waals surface area contributed by atoms with Crippen LogP contribution in [0.25, 0.3) is 0 Å². The molecule has 3 heterocycles. The van der Waals surface area contributed by atoms with Crippen LogP contribution in [0.1, 0.15) is 58.9 Å². The number of furan rings is 1. The highest BCUT2D eigenvalue weighted by atomic mass is 16.6. The second-order valence-corrected chi connectivity index (χ2v) is 12.7. The van der Waals surface area contributed by atoms with E-state index in [0.29, 0.717) is 19.1 Å². The van der Waals surface area contributed by atoms with Crippen LogP contribution in [-0.4, -0.2) is 65.7 Å². The lowest BCUT2D eigenvalue weighted by molar-refractivity contribution is -0.211. The number of epoxide rings is 1. The Balaban J connectivity index is 1.53. The number of aldehydes is 1. The largest absolute Gasteiger partial charge is 0.494 e. The van der Waals surface area contributed by atoms with Crippen LogP contribution < -0.4 is 0 Å². The van der Waals surface area contributed by atoms with Gasteiger partial charge in [0.1, 0.15) is 29.4 Å². The van der Waals surface area contributed by atoms with Gasteiger partial charge in [-0.15, -0.1) is 0 Å². The molecule has 2 saturated heterocycles. The maximum absolute atomic E-state index is 13.5. The van der Waals surface area contributed by atoms with E-state index in [1.165, 1.54) is 13.0 Å². The summed E-state index contributed by atoms with van der Waals surface area (Å²) in [7, 11) is 1.15. The van der Waals surface area contributed by atoms with Gasteiger partial charge in [-0.2, -0.15) is 0 Å². The summed E-state index contributed by atoms with van der Waals surface area (Å²) in [6.45, 7) is 8.17. The van der Waals surface area contributed by atoms with Gasteiger partial charge >= 0.3 is 11.9 Å². The molecule has 4 fully saturated rings. The molecule has 39 heavy (non-hydrogen) atoms. The fraction of sp³-hybridized carbons (Fsp3) is 0.655. The second-order valence-electron chi connectivity index (χ2n) is 12.7. The first kappa shape index (κ1) is 26.3. The maximum atomic E-state index is 13.5. The van der Waals surface area contributed by atoms with Gasteiger partial charge in [0.25, 0.3) is 0 Å². The Kier molecular flexibility index (Phi) is 5.26. The lowest BCUT2D eigenvalue weighted by atomic mass is 9.44. The first-order valence-corrected chi connectivity index (χ1v) is 13.3. The van der Waals surface area contributed by atoms with Crippen LogP contribution in [0, 0.1) is 28.1 Å². The molecule has 1 aromatic heterocycles. The molecule has 2 aliphatic heterocycles. The van der Waals surface area contributed by atoms with E-state index in [-0.39, 0.29) is 17.8 Å². The summed E-state index contributed by atoms with van der Waals surface area (Å²) in [5, 5.41) is 12.6. The molecule has 0 radical (unpaired) electrons. The van der Waals surface area contributed by atoms with Crippen LogP contribution in [0.5, 0.6) is 0 Å². The smallest absolute Gasteiger partial charge is 0.347 e. The van der Waals surface area contributed by atoms with Crippen molar-refractivity contribution in [2.45, 2.75) is 82.9 Å². The van der Waals surface area contributed by atoms with Crippen molar-refractivity contribution in [1.82, 2.24) is 0 Å². The van der Waals surface area contributed by atoms with Gasteiger partial charge < -0.3 is 33.3 Å². The number of carbonyl (C=O) groups is 4. The fourth-order valence-electron chi connectivity index (χ4n) is 9.48. The first-order valence-electron chi connectivity index (χ1n) is 13.3. The number of hydrogen-bond donors (Lipinski definition) is 1. The van der Waals surface area contributed by atoms with Crippen molar-refractivity contribution < 1.29 is 47.6 Å². The van der Waals surface area contributed by atoms with E-state index in [2.05, 4.69) is 6.92 Å². The Morgan fingerprint density at radius 3 is 2.54 bits per heavy atom. The molecule has 1 aromatic rings. The first-order chi connectivity index (χ1) is 18.2. The molecule has 3 aliphatic carbocycles. The third kappa shape index (κ3) is 2.89. The molecule has 10 nitrogen and oxygen atoms in total. The molecule has 0 bridgehead atoms. The Hall–Kier alpha value is -2.98. The van der Waals surface area contributed by atoms with Gasteiger partial charge in [0.2, 0.25) is 6.10 Å². The lowest BCUT2D eigenvalue weighted by Gasteiger charge is -2.58. The molecule has 1 N–H and O–H groups in total. The summed E-state index contributed by atoms with van der Waals surface area (Å²) in [5.41, 5.74) is -5.01. The van der Waals surface area contributed by atoms with Crippen molar-refractivity contribution in [3.8, 4) is 0 Å². The van der Waals surface area contributed by atoms with Gasteiger partial charge in [-0.3, -0.25) is 9.59 Å². The molecular weight excluding hydrogens is 508 g/mol. The molecule has 1 spiro atoms. The Bertz CT molecular complexity index is 1300. The van der Waals surface area contributed by atoms with Crippen LogP contribution in [0.15, 0.2) is 34.8 Å². The van der Waals surface area contributed by atoms with Crippen LogP contribution >= 0.6 is 0 Å². The monoisotopic (exact) mass is 542 g/mol. The standard InChI is InChI=1S/C29H34O10/c1-14(31)37-21(24(33)35-6)23-25(2,13-30)18(32)10-19-27(23,4)22-17(38-19)11-26(3)16(15-7-8-36-12-15)9-20-29(26,39-20)28(22,5)34/h7-8,10,12-13,16-17,20-23,34H,9,11H2,1-6H3/t16-,17+,20+,21-,22-,23-,25-,26-,27+,28-,29+/m0/s1. The molecule has 2 saturated carbocycles. The Labute approximate surface area is 226 Å². The van der Waals surface area contributed by atoms with Crippen molar-refractivity contribution in [3.63, 3.8) is 0 Å². The summed E-state index contributed by atoms with van der Waals surface area (Å²) in [6.07, 6.45) is 3.93. The number of ketones is 1. The van der Waals surface area contributed by atoms with Gasteiger partial charge in [-0.25, -0.2) is 4.79 Å². The van der Waals surface area contributed by atoms with E-state index in [1.807, 2.05) is 6.07 Å². The number of allylic oxidation sites excluding steroid dienone is 2. The quantitative estimate of drug-likeness (QED) is 0.255. The average molecular weight is 543 g/mol. The van der Waals surface area contributed by atoms with E-state index >= 15 is 0 Å². The van der Waals surface area contributed by atoms with Crippen LogP contribution in [-0.2, 0) is 38.1 Å². The number of ether oxygens (including phenoxy) is 4. The average Bonchev–Trinajstić information content (AvgIpc) is 3.11. The van der Waals surface area contributed by atoms with Crippen LogP contribution in [0.2, 0.25) is 0 Å². The van der Waals surface area contributed by atoms with E-state index in [9.17, 15) is 24.3 Å². The minimum atomic E-state index is -1.77. The SMILES string of the molecule is COC(=O)[C@@H](OC(C)=O)[C@@H]1[C@]2(C)C(=CC(=O)[C@]1(C)C=O)O[C@@H]1C[C@@]3(C)[C@H](c4ccoc4)C[C@H]4O[C@]43[C@@](C)(O)[C@@H]12. The highest BCUT2D eigenvalue weighted by Gasteiger charge is 2.88. The number of fused-ring (bicyclic) bond motifs is 3. The molecule has 0 aromatic carbocycles. The van der Waals surface area contributed by atoms with Crippen LogP contribution in [0.3, 0.4) is 0 Å². The molecule has 210 valence electrons. The topological polar surface area (TPSA) is 142 Å². The number of carbonyl (C=O) groups excluding carboxylic acids is 4. The molecular formula is C29H34O10. The summed E-state index contributed by atoms with van der Waals surface area (Å²) >= 11 is 0. The highest BCUT2D eigenvalue weighted by Crippen LogP contribution is 2.79.